The lowest BCUT2D eigenvalue weighted by Gasteiger charge is -2.17. The molecule has 0 heterocycles. The van der Waals surface area contributed by atoms with Crippen molar-refractivity contribution >= 4 is 11.8 Å². The van der Waals surface area contributed by atoms with E-state index in [1.165, 1.54) is 0 Å². The molecule has 0 spiro atoms. The van der Waals surface area contributed by atoms with E-state index in [-0.39, 0.29) is 17.7 Å². The standard InChI is InChI=1S/C12H23N3O2/c1-3-8(2)11(13)12(17)14-7-6-10(16)15-9-4-5-9/h8-9,11H,3-7,13H2,1-2H3,(H,14,17)(H,15,16). The molecule has 17 heavy (non-hydrogen) atoms. The highest BCUT2D eigenvalue weighted by Gasteiger charge is 2.23. The van der Waals surface area contributed by atoms with Crippen molar-refractivity contribution in [2.75, 3.05) is 6.54 Å². The van der Waals surface area contributed by atoms with Crippen LogP contribution in [0.15, 0.2) is 0 Å². The largest absolute Gasteiger partial charge is 0.354 e. The summed E-state index contributed by atoms with van der Waals surface area (Å²) in [6.07, 6.45) is 3.36. The highest BCUT2D eigenvalue weighted by Crippen LogP contribution is 2.18. The first-order chi connectivity index (χ1) is 8.04. The minimum absolute atomic E-state index is 0.00455. The average Bonchev–Trinajstić information content (AvgIpc) is 3.10. The van der Waals surface area contributed by atoms with Gasteiger partial charge >= 0.3 is 0 Å². The monoisotopic (exact) mass is 241 g/mol. The normalized spacial score (nSPS) is 18.3. The molecule has 0 radical (unpaired) electrons. The van der Waals surface area contributed by atoms with Gasteiger partial charge in [-0.1, -0.05) is 20.3 Å². The fourth-order valence-corrected chi connectivity index (χ4v) is 1.46. The summed E-state index contributed by atoms with van der Waals surface area (Å²) in [5, 5.41) is 5.57. The zero-order valence-electron chi connectivity index (χ0n) is 10.7. The molecule has 2 amide bonds. The Hall–Kier alpha value is -1.10. The molecule has 1 rings (SSSR count). The number of nitrogens with two attached hydrogens (primary N) is 1. The van der Waals surface area contributed by atoms with Gasteiger partial charge in [0.1, 0.15) is 0 Å². The van der Waals surface area contributed by atoms with E-state index in [1.54, 1.807) is 0 Å². The Labute approximate surface area is 103 Å². The number of carbonyl (C=O) groups excluding carboxylic acids is 2. The van der Waals surface area contributed by atoms with Crippen LogP contribution >= 0.6 is 0 Å². The summed E-state index contributed by atoms with van der Waals surface area (Å²) >= 11 is 0. The van der Waals surface area contributed by atoms with E-state index in [9.17, 15) is 9.59 Å². The fourth-order valence-electron chi connectivity index (χ4n) is 1.46. The zero-order valence-corrected chi connectivity index (χ0v) is 10.7. The van der Waals surface area contributed by atoms with Gasteiger partial charge in [-0.15, -0.1) is 0 Å². The van der Waals surface area contributed by atoms with Gasteiger partial charge in [0.15, 0.2) is 0 Å². The first-order valence-electron chi connectivity index (χ1n) is 6.37. The molecule has 0 aromatic heterocycles. The summed E-state index contributed by atoms with van der Waals surface area (Å²) in [6.45, 7) is 4.31. The topological polar surface area (TPSA) is 84.2 Å². The van der Waals surface area contributed by atoms with E-state index >= 15 is 0 Å². The van der Waals surface area contributed by atoms with Crippen LogP contribution in [0, 0.1) is 5.92 Å². The van der Waals surface area contributed by atoms with Crippen molar-refractivity contribution in [1.82, 2.24) is 10.6 Å². The number of rotatable bonds is 7. The van der Waals surface area contributed by atoms with Crippen molar-refractivity contribution in [2.24, 2.45) is 11.7 Å². The Kier molecular flexibility index (Phi) is 5.41. The fraction of sp³-hybridized carbons (Fsp3) is 0.833. The molecule has 4 N–H and O–H groups in total. The Bertz CT molecular complexity index is 277. The smallest absolute Gasteiger partial charge is 0.237 e. The molecule has 0 aromatic carbocycles. The maximum absolute atomic E-state index is 11.6. The van der Waals surface area contributed by atoms with E-state index < -0.39 is 6.04 Å². The number of carbonyl (C=O) groups is 2. The third-order valence-corrected chi connectivity index (χ3v) is 3.15. The summed E-state index contributed by atoms with van der Waals surface area (Å²) in [6, 6.07) is -0.105. The predicted octanol–water partition coefficient (Wildman–Crippen LogP) is 0.145. The maximum atomic E-state index is 11.6. The molecular weight excluding hydrogens is 218 g/mol. The van der Waals surface area contributed by atoms with Crippen LogP contribution in [-0.4, -0.2) is 30.4 Å². The van der Waals surface area contributed by atoms with Crippen molar-refractivity contribution in [1.29, 1.82) is 0 Å². The number of nitrogens with one attached hydrogen (secondary N) is 2. The molecule has 0 saturated heterocycles. The van der Waals surface area contributed by atoms with Crippen molar-refractivity contribution < 1.29 is 9.59 Å². The molecule has 5 nitrogen and oxygen atoms in total. The van der Waals surface area contributed by atoms with Crippen LogP contribution in [0.5, 0.6) is 0 Å². The van der Waals surface area contributed by atoms with E-state index in [0.29, 0.717) is 19.0 Å². The molecular formula is C12H23N3O2. The van der Waals surface area contributed by atoms with E-state index in [2.05, 4.69) is 10.6 Å². The Balaban J connectivity index is 2.12. The highest BCUT2D eigenvalue weighted by molar-refractivity contribution is 5.82. The van der Waals surface area contributed by atoms with Gasteiger partial charge in [-0.25, -0.2) is 0 Å². The van der Waals surface area contributed by atoms with Crippen molar-refractivity contribution in [3.8, 4) is 0 Å². The maximum Gasteiger partial charge on any atom is 0.237 e. The minimum Gasteiger partial charge on any atom is -0.354 e. The number of amides is 2. The Morgan fingerprint density at radius 2 is 2.06 bits per heavy atom. The van der Waals surface area contributed by atoms with Crippen molar-refractivity contribution in [3.05, 3.63) is 0 Å². The summed E-state index contributed by atoms with van der Waals surface area (Å²) < 4.78 is 0. The molecule has 1 aliphatic carbocycles. The van der Waals surface area contributed by atoms with Gasteiger partial charge < -0.3 is 16.4 Å². The quantitative estimate of drug-likeness (QED) is 0.593. The molecule has 1 aliphatic rings. The third-order valence-electron chi connectivity index (χ3n) is 3.15. The summed E-state index contributed by atoms with van der Waals surface area (Å²) in [7, 11) is 0. The van der Waals surface area contributed by atoms with Gasteiger partial charge in [0.25, 0.3) is 0 Å². The molecule has 1 saturated carbocycles. The molecule has 5 heteroatoms. The zero-order chi connectivity index (χ0) is 12.8. The number of hydrogen-bond acceptors (Lipinski definition) is 3. The third kappa shape index (κ3) is 5.17. The van der Waals surface area contributed by atoms with Crippen LogP contribution < -0.4 is 16.4 Å². The second kappa shape index (κ2) is 6.59. The summed E-state index contributed by atoms with van der Waals surface area (Å²) in [5.41, 5.74) is 5.77. The van der Waals surface area contributed by atoms with Crippen LogP contribution in [0.25, 0.3) is 0 Å². The van der Waals surface area contributed by atoms with Gasteiger partial charge in [0, 0.05) is 19.0 Å². The second-order valence-corrected chi connectivity index (χ2v) is 4.79. The SMILES string of the molecule is CCC(C)C(N)C(=O)NCCC(=O)NC1CC1. The molecule has 0 bridgehead atoms. The molecule has 0 aliphatic heterocycles. The summed E-state index contributed by atoms with van der Waals surface area (Å²) in [5.74, 6) is -0.00114. The van der Waals surface area contributed by atoms with Gasteiger partial charge in [0.05, 0.1) is 6.04 Å². The lowest BCUT2D eigenvalue weighted by Crippen LogP contribution is -2.45. The van der Waals surface area contributed by atoms with Crippen LogP contribution in [0.2, 0.25) is 0 Å². The molecule has 1 fully saturated rings. The van der Waals surface area contributed by atoms with E-state index in [0.717, 1.165) is 19.3 Å². The van der Waals surface area contributed by atoms with Gasteiger partial charge in [-0.05, 0) is 18.8 Å². The summed E-state index contributed by atoms with van der Waals surface area (Å²) in [4.78, 5) is 22.9. The van der Waals surface area contributed by atoms with Gasteiger partial charge in [-0.2, -0.15) is 0 Å². The van der Waals surface area contributed by atoms with Crippen LogP contribution in [0.1, 0.15) is 39.5 Å². The lowest BCUT2D eigenvalue weighted by atomic mass is 9.99. The van der Waals surface area contributed by atoms with Crippen LogP contribution in [0.3, 0.4) is 0 Å². The molecule has 98 valence electrons. The van der Waals surface area contributed by atoms with E-state index in [4.69, 9.17) is 5.73 Å². The second-order valence-electron chi connectivity index (χ2n) is 4.79. The van der Waals surface area contributed by atoms with E-state index in [1.807, 2.05) is 13.8 Å². The molecule has 2 atom stereocenters. The Morgan fingerprint density at radius 3 is 2.59 bits per heavy atom. The van der Waals surface area contributed by atoms with Crippen LogP contribution in [-0.2, 0) is 9.59 Å². The minimum atomic E-state index is -0.480. The highest BCUT2D eigenvalue weighted by atomic mass is 16.2. The van der Waals surface area contributed by atoms with Gasteiger partial charge in [0.2, 0.25) is 11.8 Å². The molecule has 2 unspecified atom stereocenters. The van der Waals surface area contributed by atoms with Crippen molar-refractivity contribution in [2.45, 2.75) is 51.6 Å². The van der Waals surface area contributed by atoms with Crippen molar-refractivity contribution in [3.63, 3.8) is 0 Å². The van der Waals surface area contributed by atoms with Crippen LogP contribution in [0.4, 0.5) is 0 Å². The first-order valence-corrected chi connectivity index (χ1v) is 6.37. The first kappa shape index (κ1) is 14.0. The molecule has 0 aromatic rings. The Morgan fingerprint density at radius 1 is 1.41 bits per heavy atom. The average molecular weight is 241 g/mol. The predicted molar refractivity (Wildman–Crippen MR) is 66.2 cm³/mol. The number of hydrogen-bond donors (Lipinski definition) is 3. The lowest BCUT2D eigenvalue weighted by molar-refractivity contribution is -0.124. The van der Waals surface area contributed by atoms with Gasteiger partial charge in [-0.3, -0.25) is 9.59 Å².